The second kappa shape index (κ2) is 6.81. The van der Waals surface area contributed by atoms with Crippen LogP contribution in [-0.2, 0) is 9.53 Å². The predicted molar refractivity (Wildman–Crippen MR) is 40.6 cm³/mol. The van der Waals surface area contributed by atoms with Gasteiger partial charge in [0.05, 0.1) is 12.7 Å². The molecule has 0 heterocycles. The number of esters is 1. The highest BCUT2D eigenvalue weighted by Gasteiger charge is 1.93. The summed E-state index contributed by atoms with van der Waals surface area (Å²) in [4.78, 5) is 10.6. The van der Waals surface area contributed by atoms with Crippen molar-refractivity contribution in [3.63, 3.8) is 0 Å². The first kappa shape index (κ1) is 9.70. The van der Waals surface area contributed by atoms with Gasteiger partial charge in [0.1, 0.15) is 0 Å². The molecule has 0 atom stereocenters. The molecule has 3 nitrogen and oxygen atoms in total. The molecule has 0 N–H and O–H groups in total. The van der Waals surface area contributed by atoms with E-state index in [-0.39, 0.29) is 5.97 Å². The highest BCUT2D eigenvalue weighted by Crippen LogP contribution is 1.89. The first-order valence-electron chi connectivity index (χ1n) is 3.47. The first-order valence-corrected chi connectivity index (χ1v) is 3.47. The van der Waals surface area contributed by atoms with Crippen molar-refractivity contribution in [1.82, 2.24) is 0 Å². The lowest BCUT2D eigenvalue weighted by Gasteiger charge is -1.97. The number of nitrogens with zero attached hydrogens (tertiary/aromatic N) is 1. The molecule has 0 aliphatic heterocycles. The van der Waals surface area contributed by atoms with E-state index >= 15 is 0 Å². The molecule has 0 aliphatic carbocycles. The monoisotopic (exact) mass is 153 g/mol. The van der Waals surface area contributed by atoms with E-state index in [1.165, 1.54) is 6.08 Å². The summed E-state index contributed by atoms with van der Waals surface area (Å²) in [6.45, 7) is 2.08. The molecule has 0 aliphatic rings. The number of hydrogen-bond acceptors (Lipinski definition) is 3. The van der Waals surface area contributed by atoms with Crippen LogP contribution in [0.3, 0.4) is 0 Å². The zero-order valence-electron chi connectivity index (χ0n) is 6.54. The lowest BCUT2D eigenvalue weighted by atomic mass is 10.3. The van der Waals surface area contributed by atoms with Crippen molar-refractivity contribution in [3.05, 3.63) is 12.2 Å². The van der Waals surface area contributed by atoms with Gasteiger partial charge in [-0.15, -0.1) is 0 Å². The van der Waals surface area contributed by atoms with Crippen LogP contribution >= 0.6 is 0 Å². The maximum absolute atomic E-state index is 10.6. The van der Waals surface area contributed by atoms with Gasteiger partial charge >= 0.3 is 5.97 Å². The molecule has 0 aromatic rings. The minimum atomic E-state index is -0.342. The molecule has 0 aromatic carbocycles. The summed E-state index contributed by atoms with van der Waals surface area (Å²) in [7, 11) is 0. The Hall–Kier alpha value is -1.30. The van der Waals surface area contributed by atoms with Crippen LogP contribution in [0.25, 0.3) is 0 Å². The average molecular weight is 153 g/mol. The fraction of sp³-hybridized carbons (Fsp3) is 0.500. The normalized spacial score (nSPS) is 9.45. The number of hydrogen-bond donors (Lipinski definition) is 0. The molecule has 11 heavy (non-hydrogen) atoms. The van der Waals surface area contributed by atoms with Gasteiger partial charge in [-0.2, -0.15) is 5.26 Å². The van der Waals surface area contributed by atoms with Crippen molar-refractivity contribution in [1.29, 1.82) is 5.26 Å². The predicted octanol–water partition coefficient (Wildman–Crippen LogP) is 1.41. The minimum absolute atomic E-state index is 0.330. The van der Waals surface area contributed by atoms with Crippen LogP contribution < -0.4 is 0 Å². The Morgan fingerprint density at radius 3 is 3.00 bits per heavy atom. The van der Waals surface area contributed by atoms with Crippen LogP contribution in [0.5, 0.6) is 0 Å². The van der Waals surface area contributed by atoms with E-state index in [4.69, 9.17) is 10.00 Å². The molecule has 0 saturated carbocycles. The van der Waals surface area contributed by atoms with E-state index in [2.05, 4.69) is 0 Å². The third-order valence-corrected chi connectivity index (χ3v) is 0.980. The Labute approximate surface area is 66.3 Å². The Kier molecular flexibility index (Phi) is 6.01. The molecule has 0 radical (unpaired) electrons. The van der Waals surface area contributed by atoms with Crippen LogP contribution in [0.4, 0.5) is 0 Å². The van der Waals surface area contributed by atoms with Crippen molar-refractivity contribution >= 4 is 5.97 Å². The average Bonchev–Trinajstić information content (AvgIpc) is 1.99. The van der Waals surface area contributed by atoms with Crippen LogP contribution in [0, 0.1) is 11.3 Å². The van der Waals surface area contributed by atoms with Gasteiger partial charge in [-0.1, -0.05) is 6.08 Å². The number of nitriles is 1. The Morgan fingerprint density at radius 1 is 1.73 bits per heavy atom. The van der Waals surface area contributed by atoms with Crippen LogP contribution in [0.15, 0.2) is 12.2 Å². The van der Waals surface area contributed by atoms with Crippen molar-refractivity contribution < 1.29 is 9.53 Å². The summed E-state index contributed by atoms with van der Waals surface area (Å²) in [5.74, 6) is -0.342. The van der Waals surface area contributed by atoms with Crippen molar-refractivity contribution in [2.75, 3.05) is 6.61 Å². The summed E-state index contributed by atoms with van der Waals surface area (Å²) in [5, 5.41) is 8.13. The molecule has 0 rings (SSSR count). The fourth-order valence-corrected chi connectivity index (χ4v) is 0.508. The first-order chi connectivity index (χ1) is 5.31. The lowest BCUT2D eigenvalue weighted by Crippen LogP contribution is -2.01. The quantitative estimate of drug-likeness (QED) is 0.348. The summed E-state index contributed by atoms with van der Waals surface area (Å²) in [6.07, 6.45) is 4.02. The minimum Gasteiger partial charge on any atom is -0.463 e. The maximum atomic E-state index is 10.6. The summed E-state index contributed by atoms with van der Waals surface area (Å²) >= 11 is 0. The van der Waals surface area contributed by atoms with Crippen molar-refractivity contribution in [2.45, 2.75) is 19.8 Å². The SMILES string of the molecule is C/C=C/C(=O)OCCCC#N. The molecule has 0 unspecified atom stereocenters. The zero-order valence-corrected chi connectivity index (χ0v) is 6.54. The van der Waals surface area contributed by atoms with E-state index in [1.54, 1.807) is 13.0 Å². The van der Waals surface area contributed by atoms with Gasteiger partial charge in [0.25, 0.3) is 0 Å². The van der Waals surface area contributed by atoms with Crippen molar-refractivity contribution in [2.24, 2.45) is 0 Å². The second-order valence-electron chi connectivity index (χ2n) is 1.93. The molecule has 60 valence electrons. The zero-order chi connectivity index (χ0) is 8.53. The van der Waals surface area contributed by atoms with Crippen LogP contribution in [0.1, 0.15) is 19.8 Å². The molecule has 0 spiro atoms. The summed E-state index contributed by atoms with van der Waals surface area (Å²) < 4.78 is 4.71. The van der Waals surface area contributed by atoms with Crippen LogP contribution in [0.2, 0.25) is 0 Å². The van der Waals surface area contributed by atoms with Crippen LogP contribution in [-0.4, -0.2) is 12.6 Å². The lowest BCUT2D eigenvalue weighted by molar-refractivity contribution is -0.137. The van der Waals surface area contributed by atoms with E-state index in [0.29, 0.717) is 19.4 Å². The molecule has 0 saturated heterocycles. The molecule has 0 aromatic heterocycles. The molecular weight excluding hydrogens is 142 g/mol. The molecule has 3 heteroatoms. The number of carbonyl (C=O) groups is 1. The maximum Gasteiger partial charge on any atom is 0.330 e. The number of carbonyl (C=O) groups excluding carboxylic acids is 1. The Morgan fingerprint density at radius 2 is 2.45 bits per heavy atom. The Bertz CT molecular complexity index is 179. The van der Waals surface area contributed by atoms with E-state index in [9.17, 15) is 4.79 Å². The van der Waals surface area contributed by atoms with Gasteiger partial charge in [0, 0.05) is 12.5 Å². The van der Waals surface area contributed by atoms with Gasteiger partial charge in [0.2, 0.25) is 0 Å². The van der Waals surface area contributed by atoms with Gasteiger partial charge in [-0.05, 0) is 13.3 Å². The van der Waals surface area contributed by atoms with Gasteiger partial charge in [-0.3, -0.25) is 0 Å². The second-order valence-corrected chi connectivity index (χ2v) is 1.93. The third kappa shape index (κ3) is 6.59. The van der Waals surface area contributed by atoms with E-state index in [0.717, 1.165) is 0 Å². The topological polar surface area (TPSA) is 50.1 Å². The highest BCUT2D eigenvalue weighted by atomic mass is 16.5. The number of unbranched alkanes of at least 4 members (excludes halogenated alkanes) is 1. The smallest absolute Gasteiger partial charge is 0.330 e. The number of rotatable bonds is 4. The summed E-state index contributed by atoms with van der Waals surface area (Å²) in [5.41, 5.74) is 0. The molecular formula is C8H11NO2. The standard InChI is InChI=1S/C8H11NO2/c1-2-5-8(10)11-7-4-3-6-9/h2,5H,3-4,7H2,1H3/b5-2+. The van der Waals surface area contributed by atoms with E-state index in [1.807, 2.05) is 6.07 Å². The Balaban J connectivity index is 3.26. The number of ether oxygens (including phenoxy) is 1. The van der Waals surface area contributed by atoms with Gasteiger partial charge < -0.3 is 4.74 Å². The van der Waals surface area contributed by atoms with Gasteiger partial charge in [0.15, 0.2) is 0 Å². The highest BCUT2D eigenvalue weighted by molar-refractivity contribution is 5.81. The van der Waals surface area contributed by atoms with Gasteiger partial charge in [-0.25, -0.2) is 4.79 Å². The largest absolute Gasteiger partial charge is 0.463 e. The summed E-state index contributed by atoms with van der Waals surface area (Å²) in [6, 6.07) is 1.96. The van der Waals surface area contributed by atoms with E-state index < -0.39 is 0 Å². The van der Waals surface area contributed by atoms with Crippen molar-refractivity contribution in [3.8, 4) is 6.07 Å². The third-order valence-electron chi connectivity index (χ3n) is 0.980. The molecule has 0 fully saturated rings. The number of allylic oxidation sites excluding steroid dienone is 1. The molecule has 0 bridgehead atoms. The fourth-order valence-electron chi connectivity index (χ4n) is 0.508. The molecule has 0 amide bonds.